The first-order valence-corrected chi connectivity index (χ1v) is 10.2. The molecule has 1 fully saturated rings. The van der Waals surface area contributed by atoms with E-state index >= 15 is 0 Å². The molecule has 4 rings (SSSR count). The fourth-order valence-corrected chi connectivity index (χ4v) is 4.16. The van der Waals surface area contributed by atoms with Crippen LogP contribution in [0.5, 0.6) is 0 Å². The Bertz CT molecular complexity index is 817. The summed E-state index contributed by atoms with van der Waals surface area (Å²) in [7, 11) is 1.87. The van der Waals surface area contributed by atoms with Gasteiger partial charge in [-0.2, -0.15) is 0 Å². The zero-order valence-corrected chi connectivity index (χ0v) is 16.8. The minimum Gasteiger partial charge on any atom is -0.364 e. The molecule has 0 radical (unpaired) electrons. The summed E-state index contributed by atoms with van der Waals surface area (Å²) in [6.45, 7) is 7.10. The second kappa shape index (κ2) is 8.50. The number of aliphatic imine (C=N–C) groups is 1. The Morgan fingerprint density at radius 3 is 2.89 bits per heavy atom. The molecular weight excluding hydrogens is 348 g/mol. The van der Waals surface area contributed by atoms with Gasteiger partial charge in [-0.3, -0.25) is 4.99 Å². The lowest BCUT2D eigenvalue weighted by atomic mass is 9.93. The third kappa shape index (κ3) is 4.06. The summed E-state index contributed by atoms with van der Waals surface area (Å²) in [5, 5.41) is 3.57. The quantitative estimate of drug-likeness (QED) is 0.505. The molecule has 2 aromatic rings. The number of hydrogen-bond acceptors (Lipinski definition) is 3. The molecule has 3 heterocycles. The van der Waals surface area contributed by atoms with Gasteiger partial charge >= 0.3 is 0 Å². The van der Waals surface area contributed by atoms with Gasteiger partial charge in [-0.25, -0.2) is 4.98 Å². The summed E-state index contributed by atoms with van der Waals surface area (Å²) >= 11 is 0. The second-order valence-corrected chi connectivity index (χ2v) is 7.74. The van der Waals surface area contributed by atoms with Crippen molar-refractivity contribution in [3.8, 4) is 0 Å². The highest BCUT2D eigenvalue weighted by Crippen LogP contribution is 2.27. The number of nitrogens with one attached hydrogen (secondary N) is 1. The van der Waals surface area contributed by atoms with Crippen molar-refractivity contribution >= 4 is 11.6 Å². The Hall–Kier alpha value is -2.76. The molecule has 0 saturated carbocycles. The van der Waals surface area contributed by atoms with Crippen molar-refractivity contribution in [2.24, 2.45) is 10.9 Å². The number of benzene rings is 1. The molecule has 2 aliphatic heterocycles. The Morgan fingerprint density at radius 1 is 1.29 bits per heavy atom. The molecule has 2 atom stereocenters. The topological polar surface area (TPSA) is 48.7 Å². The van der Waals surface area contributed by atoms with Crippen molar-refractivity contribution in [3.05, 3.63) is 60.7 Å². The molecule has 0 spiro atoms. The predicted molar refractivity (Wildman–Crippen MR) is 115 cm³/mol. The molecule has 1 saturated heterocycles. The summed E-state index contributed by atoms with van der Waals surface area (Å²) in [6, 6.07) is 9.22. The van der Waals surface area contributed by atoms with Crippen LogP contribution in [0.2, 0.25) is 0 Å². The van der Waals surface area contributed by atoms with Gasteiger partial charge in [0, 0.05) is 57.9 Å². The van der Waals surface area contributed by atoms with E-state index in [1.165, 1.54) is 11.3 Å². The van der Waals surface area contributed by atoms with E-state index in [0.29, 0.717) is 12.0 Å². The maximum absolute atomic E-state index is 4.55. The minimum atomic E-state index is 0.431. The molecule has 0 aliphatic carbocycles. The fraction of sp³-hybridized carbons (Fsp3) is 0.455. The average Bonchev–Trinajstić information content (AvgIpc) is 3.44. The van der Waals surface area contributed by atoms with Crippen molar-refractivity contribution in [2.45, 2.75) is 25.9 Å². The first-order chi connectivity index (χ1) is 13.7. The summed E-state index contributed by atoms with van der Waals surface area (Å²) in [4.78, 5) is 13.5. The van der Waals surface area contributed by atoms with Crippen LogP contribution in [0.1, 0.15) is 24.9 Å². The molecule has 2 unspecified atom stereocenters. The number of rotatable bonds is 4. The number of aromatic nitrogens is 2. The monoisotopic (exact) mass is 378 g/mol. The molecule has 6 heteroatoms. The molecule has 0 amide bonds. The van der Waals surface area contributed by atoms with Crippen molar-refractivity contribution in [1.29, 1.82) is 0 Å². The molecule has 0 bridgehead atoms. The Kier molecular flexibility index (Phi) is 5.65. The van der Waals surface area contributed by atoms with E-state index in [0.717, 1.165) is 45.1 Å². The van der Waals surface area contributed by atoms with E-state index in [1.807, 2.05) is 19.6 Å². The Morgan fingerprint density at radius 2 is 2.14 bits per heavy atom. The van der Waals surface area contributed by atoms with Crippen LogP contribution in [0.15, 0.2) is 60.1 Å². The molecule has 6 nitrogen and oxygen atoms in total. The minimum absolute atomic E-state index is 0.431. The van der Waals surface area contributed by atoms with Crippen LogP contribution in [0.4, 0.5) is 5.69 Å². The van der Waals surface area contributed by atoms with E-state index in [1.54, 1.807) is 0 Å². The number of likely N-dealkylation sites (tertiary alicyclic amines) is 1. The number of anilines is 1. The molecular formula is C22H30N6. The van der Waals surface area contributed by atoms with E-state index in [-0.39, 0.29) is 0 Å². The lowest BCUT2D eigenvalue weighted by Gasteiger charge is -2.39. The van der Waals surface area contributed by atoms with Gasteiger partial charge in [-0.05, 0) is 30.0 Å². The van der Waals surface area contributed by atoms with Crippen LogP contribution in [-0.2, 0) is 6.54 Å². The predicted octanol–water partition coefficient (Wildman–Crippen LogP) is 2.92. The molecule has 1 aromatic carbocycles. The van der Waals surface area contributed by atoms with Crippen LogP contribution in [0.3, 0.4) is 0 Å². The molecule has 2 aliphatic rings. The summed E-state index contributed by atoms with van der Waals surface area (Å²) in [6.07, 6.45) is 11.5. The standard InChI is InChI=1S/C22H30N6/c1-18-8-12-27(16-21(18)28-13-9-24-17-28)22(23-2)25-15-19-6-5-7-20(14-19)26-10-3-4-11-26/h3-7,9,13-14,17-18,21H,8,10-12,15-16H2,1-2H3,(H,23,25). The van der Waals surface area contributed by atoms with Crippen molar-refractivity contribution in [2.75, 3.05) is 38.1 Å². The van der Waals surface area contributed by atoms with Gasteiger partial charge in [-0.15, -0.1) is 0 Å². The van der Waals surface area contributed by atoms with Crippen LogP contribution in [-0.4, -0.2) is 53.6 Å². The summed E-state index contributed by atoms with van der Waals surface area (Å²) in [5.41, 5.74) is 2.56. The zero-order chi connectivity index (χ0) is 19.3. The van der Waals surface area contributed by atoms with Gasteiger partial charge in [0.15, 0.2) is 5.96 Å². The lowest BCUT2D eigenvalue weighted by Crippen LogP contribution is -2.48. The first-order valence-electron chi connectivity index (χ1n) is 10.2. The molecule has 28 heavy (non-hydrogen) atoms. The van der Waals surface area contributed by atoms with Gasteiger partial charge in [0.05, 0.1) is 12.4 Å². The van der Waals surface area contributed by atoms with E-state index in [4.69, 9.17) is 0 Å². The highest BCUT2D eigenvalue weighted by Gasteiger charge is 2.28. The summed E-state index contributed by atoms with van der Waals surface area (Å²) in [5.74, 6) is 1.61. The molecule has 148 valence electrons. The van der Waals surface area contributed by atoms with E-state index in [2.05, 4.69) is 79.2 Å². The maximum Gasteiger partial charge on any atom is 0.193 e. The van der Waals surface area contributed by atoms with Gasteiger partial charge in [0.2, 0.25) is 0 Å². The van der Waals surface area contributed by atoms with E-state index in [9.17, 15) is 0 Å². The largest absolute Gasteiger partial charge is 0.364 e. The highest BCUT2D eigenvalue weighted by atomic mass is 15.3. The third-order valence-corrected chi connectivity index (χ3v) is 5.88. The number of piperidine rings is 1. The van der Waals surface area contributed by atoms with Crippen molar-refractivity contribution in [1.82, 2.24) is 19.8 Å². The van der Waals surface area contributed by atoms with Crippen molar-refractivity contribution < 1.29 is 0 Å². The SMILES string of the molecule is CN=C(NCc1cccc(N2CC=CC2)c1)N1CCC(C)C(n2ccnc2)C1. The van der Waals surface area contributed by atoms with Crippen LogP contribution in [0.25, 0.3) is 0 Å². The lowest BCUT2D eigenvalue weighted by molar-refractivity contribution is 0.189. The van der Waals surface area contributed by atoms with Crippen LogP contribution < -0.4 is 10.2 Å². The Labute approximate surface area is 167 Å². The van der Waals surface area contributed by atoms with Gasteiger partial charge in [0.25, 0.3) is 0 Å². The fourth-order valence-electron chi connectivity index (χ4n) is 4.16. The van der Waals surface area contributed by atoms with Crippen molar-refractivity contribution in [3.63, 3.8) is 0 Å². The average molecular weight is 379 g/mol. The second-order valence-electron chi connectivity index (χ2n) is 7.74. The zero-order valence-electron chi connectivity index (χ0n) is 16.8. The number of nitrogens with zero attached hydrogens (tertiary/aromatic N) is 5. The van der Waals surface area contributed by atoms with Gasteiger partial charge in [0.1, 0.15) is 0 Å². The summed E-state index contributed by atoms with van der Waals surface area (Å²) < 4.78 is 2.23. The van der Waals surface area contributed by atoms with Crippen LogP contribution in [0, 0.1) is 5.92 Å². The smallest absolute Gasteiger partial charge is 0.193 e. The first kappa shape index (κ1) is 18.6. The Balaban J connectivity index is 1.39. The number of imidazole rings is 1. The van der Waals surface area contributed by atoms with Gasteiger partial charge < -0.3 is 19.7 Å². The van der Waals surface area contributed by atoms with Crippen LogP contribution >= 0.6 is 0 Å². The molecule has 1 aromatic heterocycles. The molecule has 1 N–H and O–H groups in total. The normalized spacial score (nSPS) is 22.7. The number of guanidine groups is 1. The van der Waals surface area contributed by atoms with E-state index < -0.39 is 0 Å². The van der Waals surface area contributed by atoms with Gasteiger partial charge in [-0.1, -0.05) is 31.2 Å². The number of hydrogen-bond donors (Lipinski definition) is 1. The third-order valence-electron chi connectivity index (χ3n) is 5.88. The maximum atomic E-state index is 4.55. The highest BCUT2D eigenvalue weighted by molar-refractivity contribution is 5.80.